The fourth-order valence-electron chi connectivity index (χ4n) is 2.15. The summed E-state index contributed by atoms with van der Waals surface area (Å²) in [5.74, 6) is -0.0981. The fourth-order valence-corrected chi connectivity index (χ4v) is 2.15. The smallest absolute Gasteiger partial charge is 0.223 e. The van der Waals surface area contributed by atoms with Gasteiger partial charge >= 0.3 is 0 Å². The van der Waals surface area contributed by atoms with Crippen LogP contribution < -0.4 is 5.32 Å². The van der Waals surface area contributed by atoms with E-state index >= 15 is 0 Å². The molecule has 88 valence electrons. The molecule has 0 aromatic carbocycles. The van der Waals surface area contributed by atoms with Gasteiger partial charge in [-0.1, -0.05) is 12.8 Å². The monoisotopic (exact) mass is 223 g/mol. The molecule has 16 heavy (non-hydrogen) atoms. The van der Waals surface area contributed by atoms with Crippen molar-refractivity contribution in [1.29, 1.82) is 0 Å². The lowest BCUT2D eigenvalue weighted by Crippen LogP contribution is -2.34. The summed E-state index contributed by atoms with van der Waals surface area (Å²) in [5.41, 5.74) is 0.102. The van der Waals surface area contributed by atoms with Gasteiger partial charge < -0.3 is 10.4 Å². The Balaban J connectivity index is 1.76. The first kappa shape index (κ1) is 11.1. The minimum atomic E-state index is -0.766. The van der Waals surface area contributed by atoms with E-state index in [2.05, 4.69) is 15.5 Å². The minimum Gasteiger partial charge on any atom is -0.389 e. The van der Waals surface area contributed by atoms with Crippen LogP contribution >= 0.6 is 0 Å². The summed E-state index contributed by atoms with van der Waals surface area (Å²) in [6, 6.07) is 1.81. The average molecular weight is 223 g/mol. The van der Waals surface area contributed by atoms with Crippen molar-refractivity contribution in [1.82, 2.24) is 15.5 Å². The molecule has 1 saturated carbocycles. The first-order chi connectivity index (χ1) is 7.68. The van der Waals surface area contributed by atoms with Crippen molar-refractivity contribution in [2.24, 2.45) is 0 Å². The standard InChI is InChI=1S/C11H17N3O2/c15-10(7-11(16)4-1-2-5-11)12-8-9-3-6-13-14-9/h3,6,16H,1-2,4-5,7-8H2,(H,12,15)(H,13,14). The van der Waals surface area contributed by atoms with Gasteiger partial charge in [0, 0.05) is 6.20 Å². The number of carbonyl (C=O) groups excluding carboxylic acids is 1. The maximum Gasteiger partial charge on any atom is 0.223 e. The maximum atomic E-state index is 11.6. The number of aromatic nitrogens is 2. The van der Waals surface area contributed by atoms with Crippen LogP contribution in [-0.4, -0.2) is 26.8 Å². The molecule has 5 heteroatoms. The molecule has 1 aliphatic rings. The van der Waals surface area contributed by atoms with Crippen LogP contribution in [-0.2, 0) is 11.3 Å². The average Bonchev–Trinajstić information content (AvgIpc) is 2.86. The lowest BCUT2D eigenvalue weighted by molar-refractivity contribution is -0.126. The molecule has 0 saturated heterocycles. The van der Waals surface area contributed by atoms with Gasteiger partial charge in [0.25, 0.3) is 0 Å². The van der Waals surface area contributed by atoms with E-state index in [-0.39, 0.29) is 12.3 Å². The Kier molecular flexibility index (Phi) is 3.24. The van der Waals surface area contributed by atoms with Crippen LogP contribution in [0.1, 0.15) is 37.8 Å². The number of rotatable bonds is 4. The van der Waals surface area contributed by atoms with Crippen molar-refractivity contribution >= 4 is 5.91 Å². The number of nitrogens with zero attached hydrogens (tertiary/aromatic N) is 1. The van der Waals surface area contributed by atoms with Crippen molar-refractivity contribution < 1.29 is 9.90 Å². The second-order valence-electron chi connectivity index (χ2n) is 4.47. The summed E-state index contributed by atoms with van der Waals surface area (Å²) >= 11 is 0. The predicted molar refractivity (Wildman–Crippen MR) is 58.5 cm³/mol. The molecule has 0 atom stereocenters. The van der Waals surface area contributed by atoms with Gasteiger partial charge in [-0.15, -0.1) is 0 Å². The second-order valence-corrected chi connectivity index (χ2v) is 4.47. The second kappa shape index (κ2) is 4.65. The molecule has 1 aliphatic carbocycles. The molecule has 1 heterocycles. The van der Waals surface area contributed by atoms with Crippen LogP contribution in [0.2, 0.25) is 0 Å². The molecule has 0 bridgehead atoms. The molecule has 1 aromatic rings. The SMILES string of the molecule is O=C(CC1(O)CCCC1)NCc1ccn[nH]1. The summed E-state index contributed by atoms with van der Waals surface area (Å²) < 4.78 is 0. The number of hydrogen-bond donors (Lipinski definition) is 3. The van der Waals surface area contributed by atoms with Crippen LogP contribution in [0.5, 0.6) is 0 Å². The van der Waals surface area contributed by atoms with E-state index in [1.54, 1.807) is 6.20 Å². The van der Waals surface area contributed by atoms with Crippen LogP contribution in [0.15, 0.2) is 12.3 Å². The number of nitrogens with one attached hydrogen (secondary N) is 2. The highest BCUT2D eigenvalue weighted by molar-refractivity contribution is 5.77. The van der Waals surface area contributed by atoms with Gasteiger partial charge in [0.2, 0.25) is 5.91 Å². The Morgan fingerprint density at radius 2 is 2.31 bits per heavy atom. The molecular formula is C11H17N3O2. The van der Waals surface area contributed by atoms with Crippen LogP contribution in [0.3, 0.4) is 0 Å². The highest BCUT2D eigenvalue weighted by Gasteiger charge is 2.33. The molecule has 0 spiro atoms. The van der Waals surface area contributed by atoms with Crippen LogP contribution in [0.25, 0.3) is 0 Å². The zero-order valence-corrected chi connectivity index (χ0v) is 9.20. The third-order valence-corrected chi connectivity index (χ3v) is 3.06. The molecule has 1 amide bonds. The zero-order valence-electron chi connectivity index (χ0n) is 9.20. The van der Waals surface area contributed by atoms with E-state index < -0.39 is 5.60 Å². The van der Waals surface area contributed by atoms with Gasteiger partial charge in [0.05, 0.1) is 24.3 Å². The molecule has 5 nitrogen and oxygen atoms in total. The molecule has 1 fully saturated rings. The van der Waals surface area contributed by atoms with E-state index in [0.717, 1.165) is 31.4 Å². The highest BCUT2D eigenvalue weighted by atomic mass is 16.3. The van der Waals surface area contributed by atoms with Gasteiger partial charge in [-0.2, -0.15) is 5.10 Å². The molecule has 0 radical (unpaired) electrons. The Bertz CT molecular complexity index is 342. The number of amides is 1. The van der Waals surface area contributed by atoms with Gasteiger partial charge in [0.15, 0.2) is 0 Å². The highest BCUT2D eigenvalue weighted by Crippen LogP contribution is 2.32. The third kappa shape index (κ3) is 2.82. The van der Waals surface area contributed by atoms with Gasteiger partial charge in [-0.25, -0.2) is 0 Å². The number of hydrogen-bond acceptors (Lipinski definition) is 3. The Hall–Kier alpha value is -1.36. The van der Waals surface area contributed by atoms with E-state index in [9.17, 15) is 9.90 Å². The normalized spacial score (nSPS) is 18.6. The quantitative estimate of drug-likeness (QED) is 0.703. The fraction of sp³-hybridized carbons (Fsp3) is 0.636. The van der Waals surface area contributed by atoms with Crippen LogP contribution in [0.4, 0.5) is 0 Å². The Morgan fingerprint density at radius 3 is 2.94 bits per heavy atom. The summed E-state index contributed by atoms with van der Waals surface area (Å²) in [6.45, 7) is 0.439. The van der Waals surface area contributed by atoms with Gasteiger partial charge in [0.1, 0.15) is 0 Å². The van der Waals surface area contributed by atoms with Crippen molar-refractivity contribution in [3.8, 4) is 0 Å². The molecular weight excluding hydrogens is 206 g/mol. The lowest BCUT2D eigenvalue weighted by Gasteiger charge is -2.20. The van der Waals surface area contributed by atoms with Crippen molar-refractivity contribution in [3.63, 3.8) is 0 Å². The van der Waals surface area contributed by atoms with E-state index in [1.807, 2.05) is 6.07 Å². The van der Waals surface area contributed by atoms with Gasteiger partial charge in [-0.05, 0) is 18.9 Å². The maximum absolute atomic E-state index is 11.6. The first-order valence-electron chi connectivity index (χ1n) is 5.65. The van der Waals surface area contributed by atoms with Gasteiger partial charge in [-0.3, -0.25) is 9.89 Å². The molecule has 1 aromatic heterocycles. The molecule has 0 aliphatic heterocycles. The van der Waals surface area contributed by atoms with E-state index in [1.165, 1.54) is 0 Å². The lowest BCUT2D eigenvalue weighted by atomic mass is 9.98. The summed E-state index contributed by atoms with van der Waals surface area (Å²) in [6.07, 6.45) is 5.37. The first-order valence-corrected chi connectivity index (χ1v) is 5.65. The molecule has 2 rings (SSSR count). The zero-order chi connectivity index (χ0) is 11.4. The Labute approximate surface area is 94.2 Å². The summed E-state index contributed by atoms with van der Waals surface area (Å²) in [7, 11) is 0. The van der Waals surface area contributed by atoms with E-state index in [0.29, 0.717) is 6.54 Å². The van der Waals surface area contributed by atoms with Crippen molar-refractivity contribution in [3.05, 3.63) is 18.0 Å². The molecule has 0 unspecified atom stereocenters. The molecule has 3 N–H and O–H groups in total. The number of H-pyrrole nitrogens is 1. The summed E-state index contributed by atoms with van der Waals surface area (Å²) in [5, 5.41) is 19.4. The number of aliphatic hydroxyl groups is 1. The van der Waals surface area contributed by atoms with Crippen molar-refractivity contribution in [2.45, 2.75) is 44.2 Å². The predicted octanol–water partition coefficient (Wildman–Crippen LogP) is 0.721. The largest absolute Gasteiger partial charge is 0.389 e. The number of carbonyl (C=O) groups is 1. The topological polar surface area (TPSA) is 78.0 Å². The Morgan fingerprint density at radius 1 is 1.56 bits per heavy atom. The minimum absolute atomic E-state index is 0.0981. The summed E-state index contributed by atoms with van der Waals surface area (Å²) in [4.78, 5) is 11.6. The number of aromatic amines is 1. The van der Waals surface area contributed by atoms with Crippen molar-refractivity contribution in [2.75, 3.05) is 0 Å². The van der Waals surface area contributed by atoms with E-state index in [4.69, 9.17) is 0 Å². The third-order valence-electron chi connectivity index (χ3n) is 3.06. The van der Waals surface area contributed by atoms with Crippen LogP contribution in [0, 0.1) is 0 Å².